The predicted molar refractivity (Wildman–Crippen MR) is 96.6 cm³/mol. The molecule has 0 spiro atoms. The van der Waals surface area contributed by atoms with E-state index in [1.807, 2.05) is 18.2 Å². The Bertz CT molecular complexity index is 411. The van der Waals surface area contributed by atoms with Crippen LogP contribution in [-0.2, 0) is 15.6 Å². The Morgan fingerprint density at radius 3 is 2.36 bits per heavy atom. The molecule has 0 radical (unpaired) electrons. The third-order valence-electron chi connectivity index (χ3n) is 4.05. The van der Waals surface area contributed by atoms with E-state index in [4.69, 9.17) is 4.43 Å². The van der Waals surface area contributed by atoms with E-state index in [1.165, 1.54) is 24.7 Å². The number of hydrogen-bond acceptors (Lipinski definition) is 2. The van der Waals surface area contributed by atoms with Gasteiger partial charge in [0.1, 0.15) is 6.29 Å². The highest BCUT2D eigenvalue weighted by atomic mass is 28.4. The van der Waals surface area contributed by atoms with Crippen molar-refractivity contribution < 1.29 is 9.22 Å². The molecule has 0 fully saturated rings. The molecule has 0 aliphatic rings. The molecule has 1 rings (SSSR count). The first-order chi connectivity index (χ1) is 10.5. The van der Waals surface area contributed by atoms with Gasteiger partial charge >= 0.3 is 0 Å². The van der Waals surface area contributed by atoms with Crippen LogP contribution in [0.2, 0.25) is 19.6 Å². The minimum Gasteiger partial charge on any atom is -0.418 e. The van der Waals surface area contributed by atoms with E-state index in [-0.39, 0.29) is 5.92 Å². The Labute approximate surface area is 137 Å². The Hall–Kier alpha value is -0.933. The highest BCUT2D eigenvalue weighted by Gasteiger charge is 2.22. The summed E-state index contributed by atoms with van der Waals surface area (Å²) in [4.78, 5) is 11.6. The second kappa shape index (κ2) is 9.96. The van der Waals surface area contributed by atoms with Crippen LogP contribution in [0.25, 0.3) is 0 Å². The molecule has 0 aromatic heterocycles. The number of hydrogen-bond donors (Lipinski definition) is 0. The molecule has 3 heteroatoms. The van der Waals surface area contributed by atoms with Gasteiger partial charge in [-0.05, 0) is 50.4 Å². The lowest BCUT2D eigenvalue weighted by atomic mass is 9.82. The Kier molecular flexibility index (Phi) is 8.65. The van der Waals surface area contributed by atoms with Crippen molar-refractivity contribution >= 4 is 14.6 Å². The average molecular weight is 321 g/mol. The van der Waals surface area contributed by atoms with Crippen LogP contribution < -0.4 is 0 Å². The fraction of sp³-hybridized carbons (Fsp3) is 0.632. The monoisotopic (exact) mass is 320 g/mol. The minimum atomic E-state index is -1.46. The molecule has 1 aromatic carbocycles. The number of carbonyl (C=O) groups excluding carboxylic acids is 1. The number of rotatable bonds is 11. The smallest absolute Gasteiger partial charge is 0.183 e. The quantitative estimate of drug-likeness (QED) is 0.419. The van der Waals surface area contributed by atoms with Crippen molar-refractivity contribution in [2.45, 2.75) is 58.7 Å². The fourth-order valence-corrected chi connectivity index (χ4v) is 3.50. The molecule has 2 atom stereocenters. The van der Waals surface area contributed by atoms with E-state index >= 15 is 0 Å². The molecule has 0 saturated carbocycles. The molecular weight excluding hydrogens is 288 g/mol. The molecule has 0 aliphatic heterocycles. The van der Waals surface area contributed by atoms with Gasteiger partial charge in [-0.3, -0.25) is 0 Å². The second-order valence-corrected chi connectivity index (χ2v) is 11.7. The summed E-state index contributed by atoms with van der Waals surface area (Å²) in [6, 6.07) is 10.4. The number of unbranched alkanes of at least 4 members (excludes halogenated alkanes) is 1. The minimum absolute atomic E-state index is 0.110. The normalized spacial score (nSPS) is 14.5. The maximum Gasteiger partial charge on any atom is 0.183 e. The number of benzene rings is 1. The summed E-state index contributed by atoms with van der Waals surface area (Å²) in [6.07, 6.45) is 6.52. The van der Waals surface area contributed by atoms with Crippen LogP contribution in [0.1, 0.15) is 38.2 Å². The van der Waals surface area contributed by atoms with Crippen LogP contribution in [0.5, 0.6) is 0 Å². The summed E-state index contributed by atoms with van der Waals surface area (Å²) in [5.74, 6) is 0.549. The Balaban J connectivity index is 2.63. The second-order valence-electron chi connectivity index (χ2n) is 7.14. The van der Waals surface area contributed by atoms with Crippen LogP contribution >= 0.6 is 0 Å². The summed E-state index contributed by atoms with van der Waals surface area (Å²) < 4.78 is 6.01. The molecule has 0 N–H and O–H groups in total. The SMILES string of the molecule is CCCC[C@H](CCO[Si](C)(C)C)[C@H](C=O)Cc1ccccc1. The van der Waals surface area contributed by atoms with Crippen LogP contribution in [-0.4, -0.2) is 21.2 Å². The van der Waals surface area contributed by atoms with Crippen LogP contribution in [0.15, 0.2) is 30.3 Å². The van der Waals surface area contributed by atoms with Gasteiger partial charge in [-0.2, -0.15) is 0 Å². The molecule has 0 amide bonds. The van der Waals surface area contributed by atoms with Crippen LogP contribution in [0, 0.1) is 11.8 Å². The van der Waals surface area contributed by atoms with E-state index in [1.54, 1.807) is 0 Å². The van der Waals surface area contributed by atoms with Gasteiger partial charge in [0.25, 0.3) is 0 Å². The van der Waals surface area contributed by atoms with Crippen molar-refractivity contribution in [3.63, 3.8) is 0 Å². The average Bonchev–Trinajstić information content (AvgIpc) is 2.48. The van der Waals surface area contributed by atoms with Crippen molar-refractivity contribution in [1.82, 2.24) is 0 Å². The molecule has 0 saturated heterocycles. The third-order valence-corrected chi connectivity index (χ3v) is 5.12. The Morgan fingerprint density at radius 1 is 1.14 bits per heavy atom. The first kappa shape index (κ1) is 19.1. The molecule has 22 heavy (non-hydrogen) atoms. The topological polar surface area (TPSA) is 26.3 Å². The summed E-state index contributed by atoms with van der Waals surface area (Å²) >= 11 is 0. The first-order valence-electron chi connectivity index (χ1n) is 8.59. The zero-order chi connectivity index (χ0) is 16.4. The molecule has 0 bridgehead atoms. The maximum absolute atomic E-state index is 11.6. The molecule has 0 heterocycles. The van der Waals surface area contributed by atoms with E-state index in [2.05, 4.69) is 38.7 Å². The van der Waals surface area contributed by atoms with Gasteiger partial charge in [-0.15, -0.1) is 0 Å². The van der Waals surface area contributed by atoms with E-state index in [0.717, 1.165) is 25.9 Å². The Morgan fingerprint density at radius 2 is 1.82 bits per heavy atom. The number of carbonyl (C=O) groups is 1. The van der Waals surface area contributed by atoms with Crippen LogP contribution in [0.3, 0.4) is 0 Å². The molecule has 0 aliphatic carbocycles. The van der Waals surface area contributed by atoms with Crippen molar-refractivity contribution in [2.75, 3.05) is 6.61 Å². The zero-order valence-electron chi connectivity index (χ0n) is 14.7. The van der Waals surface area contributed by atoms with Gasteiger partial charge in [-0.25, -0.2) is 0 Å². The summed E-state index contributed by atoms with van der Waals surface area (Å²) in [5.41, 5.74) is 1.26. The van der Waals surface area contributed by atoms with E-state index in [0.29, 0.717) is 5.92 Å². The standard InChI is InChI=1S/C19H32O2Si/c1-5-6-12-18(13-14-21-22(2,3)4)19(16-20)15-17-10-8-7-9-11-17/h7-11,16,18-19H,5-6,12-15H2,1-4H3/t18-,19+/m1/s1. The third kappa shape index (κ3) is 7.90. The molecule has 2 nitrogen and oxygen atoms in total. The van der Waals surface area contributed by atoms with Gasteiger partial charge in [0, 0.05) is 12.5 Å². The van der Waals surface area contributed by atoms with Gasteiger partial charge in [-0.1, -0.05) is 50.1 Å². The van der Waals surface area contributed by atoms with Crippen molar-refractivity contribution in [3.05, 3.63) is 35.9 Å². The molecular formula is C19H32O2Si. The lowest BCUT2D eigenvalue weighted by Gasteiger charge is -2.25. The molecule has 124 valence electrons. The first-order valence-corrected chi connectivity index (χ1v) is 12.0. The van der Waals surface area contributed by atoms with Crippen molar-refractivity contribution in [3.8, 4) is 0 Å². The highest BCUT2D eigenvalue weighted by Crippen LogP contribution is 2.25. The molecule has 0 unspecified atom stereocenters. The lowest BCUT2D eigenvalue weighted by Crippen LogP contribution is -2.28. The largest absolute Gasteiger partial charge is 0.418 e. The fourth-order valence-electron chi connectivity index (χ4n) is 2.77. The van der Waals surface area contributed by atoms with Crippen molar-refractivity contribution in [1.29, 1.82) is 0 Å². The highest BCUT2D eigenvalue weighted by molar-refractivity contribution is 6.69. The van der Waals surface area contributed by atoms with E-state index < -0.39 is 8.32 Å². The van der Waals surface area contributed by atoms with Gasteiger partial charge < -0.3 is 9.22 Å². The van der Waals surface area contributed by atoms with Gasteiger partial charge in [0.15, 0.2) is 8.32 Å². The lowest BCUT2D eigenvalue weighted by molar-refractivity contribution is -0.112. The number of aldehydes is 1. The van der Waals surface area contributed by atoms with Gasteiger partial charge in [0.05, 0.1) is 0 Å². The summed E-state index contributed by atoms with van der Waals surface area (Å²) in [5, 5.41) is 0. The molecule has 1 aromatic rings. The maximum atomic E-state index is 11.6. The predicted octanol–water partition coefficient (Wildman–Crippen LogP) is 5.09. The van der Waals surface area contributed by atoms with Crippen molar-refractivity contribution in [2.24, 2.45) is 11.8 Å². The summed E-state index contributed by atoms with van der Waals surface area (Å²) in [6.45, 7) is 9.66. The zero-order valence-corrected chi connectivity index (χ0v) is 15.7. The van der Waals surface area contributed by atoms with Crippen LogP contribution in [0.4, 0.5) is 0 Å². The van der Waals surface area contributed by atoms with Gasteiger partial charge in [0.2, 0.25) is 0 Å². The van der Waals surface area contributed by atoms with E-state index in [9.17, 15) is 4.79 Å². The summed E-state index contributed by atoms with van der Waals surface area (Å²) in [7, 11) is -1.46.